The highest BCUT2D eigenvalue weighted by Crippen LogP contribution is 2.30. The number of halogens is 3. The van der Waals surface area contributed by atoms with Gasteiger partial charge in [-0.25, -0.2) is 4.98 Å². The number of rotatable bonds is 6. The summed E-state index contributed by atoms with van der Waals surface area (Å²) in [6.45, 7) is 0. The molecule has 0 radical (unpaired) electrons. The molecule has 4 aromatic rings. The molecule has 0 aliphatic heterocycles. The van der Waals surface area contributed by atoms with Gasteiger partial charge in [0, 0.05) is 33.6 Å². The SMILES string of the molecule is N#C/C(=C\c1ccc(-c2ccc(Br)cc2)o1)C(=O)Nc1ncc(Cc2cccc(Cl)c2Cl)s1. The highest BCUT2D eigenvalue weighted by atomic mass is 79.9. The molecule has 0 aliphatic carbocycles. The molecular formula is C24H14BrCl2N3O2S. The zero-order valence-electron chi connectivity index (χ0n) is 16.8. The zero-order valence-corrected chi connectivity index (χ0v) is 20.7. The van der Waals surface area contributed by atoms with Crippen molar-refractivity contribution in [2.45, 2.75) is 6.42 Å². The third-order valence-electron chi connectivity index (χ3n) is 4.58. The Kier molecular flexibility index (Phi) is 7.31. The number of anilines is 1. The van der Waals surface area contributed by atoms with Gasteiger partial charge in [-0.05, 0) is 35.9 Å². The molecule has 0 fully saturated rings. The number of thiazole rings is 1. The number of nitrogens with one attached hydrogen (secondary N) is 1. The molecule has 2 heterocycles. The summed E-state index contributed by atoms with van der Waals surface area (Å²) in [5, 5.41) is 13.5. The van der Waals surface area contributed by atoms with Crippen molar-refractivity contribution in [2.24, 2.45) is 0 Å². The molecule has 2 aromatic carbocycles. The van der Waals surface area contributed by atoms with Crippen molar-refractivity contribution in [3.05, 3.63) is 97.1 Å². The second-order valence-corrected chi connectivity index (χ2v) is 9.67. The Bertz CT molecular complexity index is 1390. The van der Waals surface area contributed by atoms with Crippen LogP contribution >= 0.6 is 50.5 Å². The molecule has 0 saturated carbocycles. The molecule has 0 unspecified atom stereocenters. The number of carbonyl (C=O) groups excluding carboxylic acids is 1. The summed E-state index contributed by atoms with van der Waals surface area (Å²) < 4.78 is 6.74. The van der Waals surface area contributed by atoms with Crippen LogP contribution in [-0.4, -0.2) is 10.9 Å². The summed E-state index contributed by atoms with van der Waals surface area (Å²) in [5.74, 6) is 0.464. The van der Waals surface area contributed by atoms with Gasteiger partial charge in [0.25, 0.3) is 5.91 Å². The van der Waals surface area contributed by atoms with Gasteiger partial charge in [0.15, 0.2) is 5.13 Å². The van der Waals surface area contributed by atoms with Crippen LogP contribution in [0.25, 0.3) is 17.4 Å². The number of benzene rings is 2. The van der Waals surface area contributed by atoms with E-state index in [0.717, 1.165) is 20.5 Å². The van der Waals surface area contributed by atoms with E-state index in [4.69, 9.17) is 27.6 Å². The third-order valence-corrected chi connectivity index (χ3v) is 6.88. The molecule has 0 spiro atoms. The predicted octanol–water partition coefficient (Wildman–Crippen LogP) is 7.61. The molecule has 1 N–H and O–H groups in total. The summed E-state index contributed by atoms with van der Waals surface area (Å²) in [5.41, 5.74) is 1.65. The summed E-state index contributed by atoms with van der Waals surface area (Å²) in [4.78, 5) is 17.7. The fraction of sp³-hybridized carbons (Fsp3) is 0.0417. The zero-order chi connectivity index (χ0) is 23.4. The van der Waals surface area contributed by atoms with E-state index >= 15 is 0 Å². The second kappa shape index (κ2) is 10.4. The average Bonchev–Trinajstić information content (AvgIpc) is 3.45. The average molecular weight is 559 g/mol. The molecule has 1 amide bonds. The van der Waals surface area contributed by atoms with Crippen LogP contribution in [-0.2, 0) is 11.2 Å². The summed E-state index contributed by atoms with van der Waals surface area (Å²) >= 11 is 17.0. The van der Waals surface area contributed by atoms with E-state index in [2.05, 4.69) is 26.2 Å². The minimum Gasteiger partial charge on any atom is -0.457 e. The van der Waals surface area contributed by atoms with E-state index < -0.39 is 5.91 Å². The van der Waals surface area contributed by atoms with Crippen LogP contribution in [0.15, 0.2) is 75.3 Å². The molecule has 164 valence electrons. The minimum absolute atomic E-state index is 0.0960. The molecule has 4 rings (SSSR count). The molecule has 0 atom stereocenters. The Labute approximate surface area is 212 Å². The molecule has 0 saturated heterocycles. The molecule has 0 aliphatic rings. The maximum absolute atomic E-state index is 12.6. The van der Waals surface area contributed by atoms with E-state index in [9.17, 15) is 10.1 Å². The van der Waals surface area contributed by atoms with Gasteiger partial charge in [-0.1, -0.05) is 63.4 Å². The van der Waals surface area contributed by atoms with Gasteiger partial charge in [-0.2, -0.15) is 5.26 Å². The molecule has 0 bridgehead atoms. The van der Waals surface area contributed by atoms with Crippen molar-refractivity contribution >= 4 is 67.6 Å². The van der Waals surface area contributed by atoms with Crippen LogP contribution in [0.3, 0.4) is 0 Å². The van der Waals surface area contributed by atoms with Crippen molar-refractivity contribution in [2.75, 3.05) is 5.32 Å². The first-order chi connectivity index (χ1) is 15.9. The Morgan fingerprint density at radius 3 is 2.73 bits per heavy atom. The lowest BCUT2D eigenvalue weighted by Crippen LogP contribution is -2.13. The van der Waals surface area contributed by atoms with Gasteiger partial charge in [-0.15, -0.1) is 11.3 Å². The lowest BCUT2D eigenvalue weighted by atomic mass is 10.1. The van der Waals surface area contributed by atoms with Gasteiger partial charge in [-0.3, -0.25) is 10.1 Å². The fourth-order valence-corrected chi connectivity index (χ4v) is 4.46. The fourth-order valence-electron chi connectivity index (χ4n) is 2.97. The standard InChI is InChI=1S/C24H14BrCl2N3O2S/c25-17-6-4-14(5-7-17)21-9-8-18(32-21)10-16(12-28)23(31)30-24-29-13-19(33-24)11-15-2-1-3-20(26)22(15)27/h1-10,13H,11H2,(H,29,30,31)/b16-10+. The molecule has 5 nitrogen and oxygen atoms in total. The summed E-state index contributed by atoms with van der Waals surface area (Å²) in [6, 6.07) is 18.5. The first-order valence-electron chi connectivity index (χ1n) is 9.59. The van der Waals surface area contributed by atoms with Crippen molar-refractivity contribution in [3.63, 3.8) is 0 Å². The number of nitriles is 1. The monoisotopic (exact) mass is 557 g/mol. The number of carbonyl (C=O) groups is 1. The quantitative estimate of drug-likeness (QED) is 0.195. The Hall–Kier alpha value is -2.89. The van der Waals surface area contributed by atoms with Gasteiger partial charge in [0.2, 0.25) is 0 Å². The highest BCUT2D eigenvalue weighted by Gasteiger charge is 2.14. The lowest BCUT2D eigenvalue weighted by molar-refractivity contribution is -0.112. The highest BCUT2D eigenvalue weighted by molar-refractivity contribution is 9.10. The third kappa shape index (κ3) is 5.73. The number of nitrogens with zero attached hydrogens (tertiary/aromatic N) is 2. The maximum atomic E-state index is 12.6. The van der Waals surface area contributed by atoms with E-state index in [-0.39, 0.29) is 5.57 Å². The van der Waals surface area contributed by atoms with Crippen LogP contribution < -0.4 is 5.32 Å². The Morgan fingerprint density at radius 1 is 1.18 bits per heavy atom. The Morgan fingerprint density at radius 2 is 1.97 bits per heavy atom. The maximum Gasteiger partial charge on any atom is 0.268 e. The number of furan rings is 1. The van der Waals surface area contributed by atoms with Gasteiger partial charge in [0.05, 0.1) is 10.0 Å². The molecular weight excluding hydrogens is 545 g/mol. The van der Waals surface area contributed by atoms with Crippen LogP contribution in [0.2, 0.25) is 10.0 Å². The minimum atomic E-state index is -0.569. The number of aromatic nitrogens is 1. The van der Waals surface area contributed by atoms with Crippen molar-refractivity contribution < 1.29 is 9.21 Å². The van der Waals surface area contributed by atoms with E-state index in [1.807, 2.05) is 42.5 Å². The van der Waals surface area contributed by atoms with Gasteiger partial charge in [0.1, 0.15) is 23.2 Å². The van der Waals surface area contributed by atoms with Crippen LogP contribution in [0.4, 0.5) is 5.13 Å². The first-order valence-corrected chi connectivity index (χ1v) is 12.0. The van der Waals surface area contributed by atoms with Gasteiger partial charge >= 0.3 is 0 Å². The lowest BCUT2D eigenvalue weighted by Gasteiger charge is -2.03. The predicted molar refractivity (Wildman–Crippen MR) is 135 cm³/mol. The van der Waals surface area contributed by atoms with Crippen LogP contribution in [0, 0.1) is 11.3 Å². The Balaban J connectivity index is 1.45. The normalized spacial score (nSPS) is 11.3. The van der Waals surface area contributed by atoms with Crippen molar-refractivity contribution in [1.29, 1.82) is 5.26 Å². The smallest absolute Gasteiger partial charge is 0.268 e. The topological polar surface area (TPSA) is 78.9 Å². The van der Waals surface area contributed by atoms with Gasteiger partial charge < -0.3 is 4.42 Å². The first kappa shape index (κ1) is 23.3. The van der Waals surface area contributed by atoms with Crippen LogP contribution in [0.1, 0.15) is 16.2 Å². The molecule has 9 heteroatoms. The van der Waals surface area contributed by atoms with E-state index in [1.54, 1.807) is 24.4 Å². The van der Waals surface area contributed by atoms with E-state index in [1.165, 1.54) is 17.4 Å². The summed E-state index contributed by atoms with van der Waals surface area (Å²) in [6.07, 6.45) is 3.58. The molecule has 33 heavy (non-hydrogen) atoms. The largest absolute Gasteiger partial charge is 0.457 e. The van der Waals surface area contributed by atoms with E-state index in [0.29, 0.717) is 33.1 Å². The summed E-state index contributed by atoms with van der Waals surface area (Å²) in [7, 11) is 0. The number of amides is 1. The number of hydrogen-bond acceptors (Lipinski definition) is 5. The molecule has 2 aromatic heterocycles. The van der Waals surface area contributed by atoms with Crippen molar-refractivity contribution in [3.8, 4) is 17.4 Å². The second-order valence-electron chi connectivity index (χ2n) is 6.85. The number of hydrogen-bond donors (Lipinski definition) is 1. The van der Waals surface area contributed by atoms with Crippen molar-refractivity contribution in [1.82, 2.24) is 4.98 Å². The van der Waals surface area contributed by atoms with Crippen LogP contribution in [0.5, 0.6) is 0 Å².